The second-order valence-electron chi connectivity index (χ2n) is 8.93. The van der Waals surface area contributed by atoms with Gasteiger partial charge in [-0.1, -0.05) is 35.3 Å². The summed E-state index contributed by atoms with van der Waals surface area (Å²) in [5.74, 6) is 2.76. The molecule has 1 aromatic carbocycles. The van der Waals surface area contributed by atoms with Crippen LogP contribution in [0.3, 0.4) is 0 Å². The predicted octanol–water partition coefficient (Wildman–Crippen LogP) is 5.33. The summed E-state index contributed by atoms with van der Waals surface area (Å²) in [5, 5.41) is 11.7. The molecule has 4 aliphatic carbocycles. The Labute approximate surface area is 174 Å². The first-order valence-electron chi connectivity index (χ1n) is 10.0. The van der Waals surface area contributed by atoms with Crippen molar-refractivity contribution in [2.24, 2.45) is 17.8 Å². The lowest BCUT2D eigenvalue weighted by Crippen LogP contribution is -2.60. The van der Waals surface area contributed by atoms with Gasteiger partial charge in [0.2, 0.25) is 0 Å². The molecule has 0 radical (unpaired) electrons. The third-order valence-corrected chi connectivity index (χ3v) is 7.15. The lowest BCUT2D eigenvalue weighted by atomic mass is 9.53. The van der Waals surface area contributed by atoms with Gasteiger partial charge >= 0.3 is 6.03 Å². The van der Waals surface area contributed by atoms with E-state index in [4.69, 9.17) is 23.2 Å². The lowest BCUT2D eigenvalue weighted by molar-refractivity contribution is -0.0127. The van der Waals surface area contributed by atoms with Crippen molar-refractivity contribution >= 4 is 35.1 Å². The molecule has 4 aliphatic rings. The molecule has 2 amide bonds. The van der Waals surface area contributed by atoms with Gasteiger partial charge in [-0.05, 0) is 74.0 Å². The van der Waals surface area contributed by atoms with E-state index in [0.29, 0.717) is 22.4 Å². The monoisotopic (exact) mass is 418 g/mol. The van der Waals surface area contributed by atoms with Gasteiger partial charge in [0.25, 0.3) is 0 Å². The Morgan fingerprint density at radius 2 is 1.68 bits per heavy atom. The summed E-state index contributed by atoms with van der Waals surface area (Å²) in [6, 6.07) is 7.40. The molecule has 0 atom stereocenters. The lowest BCUT2D eigenvalue weighted by Gasteiger charge is -2.56. The SMILES string of the molecule is O=C(Nc1nn(Cc2ccc(Cl)cc2)cc1Cl)NC12CC3CC(CC(C3)C1)C2. The van der Waals surface area contributed by atoms with E-state index in [1.807, 2.05) is 24.3 Å². The highest BCUT2D eigenvalue weighted by molar-refractivity contribution is 6.33. The summed E-state index contributed by atoms with van der Waals surface area (Å²) < 4.78 is 1.73. The highest BCUT2D eigenvalue weighted by atomic mass is 35.5. The first-order chi connectivity index (χ1) is 13.5. The van der Waals surface area contributed by atoms with Gasteiger partial charge in [0.1, 0.15) is 5.02 Å². The number of urea groups is 1. The van der Waals surface area contributed by atoms with Crippen LogP contribution in [0.1, 0.15) is 44.1 Å². The Balaban J connectivity index is 1.24. The molecular formula is C21H24Cl2N4O. The average Bonchev–Trinajstić information content (AvgIpc) is 2.94. The summed E-state index contributed by atoms with van der Waals surface area (Å²) in [7, 11) is 0. The fourth-order valence-electron chi connectivity index (χ4n) is 5.98. The second kappa shape index (κ2) is 6.96. The van der Waals surface area contributed by atoms with Crippen molar-refractivity contribution in [3.05, 3.63) is 46.1 Å². The van der Waals surface area contributed by atoms with Crippen molar-refractivity contribution in [2.75, 3.05) is 5.32 Å². The fraction of sp³-hybridized carbons (Fsp3) is 0.524. The number of benzene rings is 1. The molecule has 0 spiro atoms. The highest BCUT2D eigenvalue weighted by Crippen LogP contribution is 2.55. The van der Waals surface area contributed by atoms with Gasteiger partial charge < -0.3 is 5.32 Å². The van der Waals surface area contributed by atoms with E-state index in [-0.39, 0.29) is 11.6 Å². The molecule has 1 aromatic heterocycles. The Kier molecular flexibility index (Phi) is 4.55. The van der Waals surface area contributed by atoms with Crippen LogP contribution in [0, 0.1) is 17.8 Å². The van der Waals surface area contributed by atoms with Crippen LogP contribution in [-0.4, -0.2) is 21.4 Å². The van der Waals surface area contributed by atoms with Crippen LogP contribution in [0.5, 0.6) is 0 Å². The van der Waals surface area contributed by atoms with Crippen LogP contribution in [0.15, 0.2) is 30.5 Å². The number of anilines is 1. The molecule has 0 unspecified atom stereocenters. The number of carbonyl (C=O) groups excluding carboxylic acids is 1. The van der Waals surface area contributed by atoms with E-state index in [9.17, 15) is 4.79 Å². The van der Waals surface area contributed by atoms with Crippen molar-refractivity contribution in [1.29, 1.82) is 0 Å². The number of rotatable bonds is 4. The number of carbonyl (C=O) groups is 1. The maximum Gasteiger partial charge on any atom is 0.320 e. The molecule has 0 saturated heterocycles. The number of nitrogens with zero attached hydrogens (tertiary/aromatic N) is 2. The zero-order chi connectivity index (χ0) is 19.3. The highest BCUT2D eigenvalue weighted by Gasteiger charge is 2.51. The number of nitrogens with one attached hydrogen (secondary N) is 2. The minimum atomic E-state index is -0.194. The first kappa shape index (κ1) is 18.3. The predicted molar refractivity (Wildman–Crippen MR) is 111 cm³/mol. The van der Waals surface area contributed by atoms with Gasteiger partial charge in [0, 0.05) is 16.8 Å². The third kappa shape index (κ3) is 3.62. The summed E-state index contributed by atoms with van der Waals surface area (Å²) in [6.45, 7) is 0.565. The number of halogens is 2. The molecule has 7 heteroatoms. The van der Waals surface area contributed by atoms with Crippen LogP contribution < -0.4 is 10.6 Å². The zero-order valence-electron chi connectivity index (χ0n) is 15.6. The van der Waals surface area contributed by atoms with Crippen LogP contribution in [0.4, 0.5) is 10.6 Å². The molecule has 28 heavy (non-hydrogen) atoms. The van der Waals surface area contributed by atoms with E-state index in [1.165, 1.54) is 19.3 Å². The molecule has 1 heterocycles. The van der Waals surface area contributed by atoms with Gasteiger partial charge in [0.15, 0.2) is 5.82 Å². The van der Waals surface area contributed by atoms with Crippen LogP contribution in [0.25, 0.3) is 0 Å². The summed E-state index contributed by atoms with van der Waals surface area (Å²) in [6.07, 6.45) is 9.13. The molecule has 0 aliphatic heterocycles. The molecule has 5 nitrogen and oxygen atoms in total. The van der Waals surface area contributed by atoms with E-state index in [1.54, 1.807) is 10.9 Å². The van der Waals surface area contributed by atoms with Crippen molar-refractivity contribution in [1.82, 2.24) is 15.1 Å². The average molecular weight is 419 g/mol. The van der Waals surface area contributed by atoms with Gasteiger partial charge in [-0.25, -0.2) is 4.79 Å². The van der Waals surface area contributed by atoms with E-state index < -0.39 is 0 Å². The topological polar surface area (TPSA) is 59.0 Å². The van der Waals surface area contributed by atoms with Crippen LogP contribution in [-0.2, 0) is 6.54 Å². The molecule has 4 bridgehead atoms. The molecular weight excluding hydrogens is 395 g/mol. The first-order valence-corrected chi connectivity index (χ1v) is 10.8. The minimum Gasteiger partial charge on any atom is -0.332 e. The third-order valence-electron chi connectivity index (χ3n) is 6.62. The van der Waals surface area contributed by atoms with Gasteiger partial charge in [0.05, 0.1) is 6.54 Å². The maximum absolute atomic E-state index is 12.7. The van der Waals surface area contributed by atoms with Crippen LogP contribution >= 0.6 is 23.2 Å². The van der Waals surface area contributed by atoms with E-state index in [0.717, 1.165) is 42.6 Å². The fourth-order valence-corrected chi connectivity index (χ4v) is 6.31. The van der Waals surface area contributed by atoms with E-state index >= 15 is 0 Å². The van der Waals surface area contributed by atoms with Gasteiger partial charge in [-0.3, -0.25) is 10.00 Å². The van der Waals surface area contributed by atoms with Gasteiger partial charge in [-0.15, -0.1) is 0 Å². The summed E-state index contributed by atoms with van der Waals surface area (Å²) in [4.78, 5) is 12.7. The van der Waals surface area contributed by atoms with Crippen molar-refractivity contribution < 1.29 is 4.79 Å². The van der Waals surface area contributed by atoms with Crippen molar-refractivity contribution in [2.45, 2.75) is 50.6 Å². The Morgan fingerprint density at radius 1 is 1.07 bits per heavy atom. The standard InChI is InChI=1S/C21H24Cl2N4O/c22-17-3-1-13(2-4-17)11-27-12-18(23)19(26-27)24-20(28)25-21-8-14-5-15(9-21)7-16(6-14)10-21/h1-4,12,14-16H,5-11H2,(H2,24,25,26,28). The van der Waals surface area contributed by atoms with Crippen molar-refractivity contribution in [3.8, 4) is 0 Å². The number of amides is 2. The molecule has 2 N–H and O–H groups in total. The summed E-state index contributed by atoms with van der Waals surface area (Å²) in [5.41, 5.74) is 1.03. The smallest absolute Gasteiger partial charge is 0.320 e. The molecule has 4 fully saturated rings. The second-order valence-corrected chi connectivity index (χ2v) is 9.77. The Morgan fingerprint density at radius 3 is 2.29 bits per heavy atom. The van der Waals surface area contributed by atoms with E-state index in [2.05, 4.69) is 15.7 Å². The zero-order valence-corrected chi connectivity index (χ0v) is 17.1. The molecule has 148 valence electrons. The molecule has 2 aromatic rings. The molecule has 4 saturated carbocycles. The number of aromatic nitrogens is 2. The van der Waals surface area contributed by atoms with Crippen molar-refractivity contribution in [3.63, 3.8) is 0 Å². The van der Waals surface area contributed by atoms with Crippen LogP contribution in [0.2, 0.25) is 10.0 Å². The van der Waals surface area contributed by atoms with Gasteiger partial charge in [-0.2, -0.15) is 5.10 Å². The summed E-state index contributed by atoms with van der Waals surface area (Å²) >= 11 is 12.2. The molecule has 6 rings (SSSR count). The minimum absolute atomic E-state index is 0.0306. The normalized spacial score (nSPS) is 30.4. The maximum atomic E-state index is 12.7. The largest absolute Gasteiger partial charge is 0.332 e. The Hall–Kier alpha value is -1.72. The Bertz CT molecular complexity index is 857. The number of hydrogen-bond acceptors (Lipinski definition) is 2. The quantitative estimate of drug-likeness (QED) is 0.704. The number of hydrogen-bond donors (Lipinski definition) is 2.